The van der Waals surface area contributed by atoms with Gasteiger partial charge in [0.1, 0.15) is 0 Å². The van der Waals surface area contributed by atoms with Crippen molar-refractivity contribution in [1.82, 2.24) is 10.2 Å². The number of amides is 1. The first kappa shape index (κ1) is 16.2. The molecule has 1 amide bonds. The summed E-state index contributed by atoms with van der Waals surface area (Å²) in [5.74, 6) is 0.00230. The Labute approximate surface area is 137 Å². The lowest BCUT2D eigenvalue weighted by molar-refractivity contribution is 0.0946. The molecule has 1 heterocycles. The number of ether oxygens (including phenoxy) is 1. The molecule has 2 aliphatic rings. The van der Waals surface area contributed by atoms with E-state index in [9.17, 15) is 9.18 Å². The van der Waals surface area contributed by atoms with Gasteiger partial charge in [-0.25, -0.2) is 4.39 Å². The first-order valence-electron chi connectivity index (χ1n) is 8.53. The summed E-state index contributed by atoms with van der Waals surface area (Å²) in [6.07, 6.45) is 6.51. The van der Waals surface area contributed by atoms with Crippen LogP contribution in [0.2, 0.25) is 0 Å². The minimum atomic E-state index is -0.452. The highest BCUT2D eigenvalue weighted by atomic mass is 19.1. The Bertz CT molecular complexity index is 558. The number of nitrogens with one attached hydrogen (secondary N) is 1. The van der Waals surface area contributed by atoms with E-state index in [1.807, 2.05) is 0 Å². The number of hydrogen-bond acceptors (Lipinski definition) is 3. The number of rotatable bonds is 5. The largest absolute Gasteiger partial charge is 0.494 e. The van der Waals surface area contributed by atoms with Crippen LogP contribution in [-0.4, -0.2) is 43.6 Å². The third-order valence-corrected chi connectivity index (χ3v) is 5.12. The Morgan fingerprint density at radius 2 is 2.13 bits per heavy atom. The summed E-state index contributed by atoms with van der Waals surface area (Å²) in [4.78, 5) is 14.8. The molecule has 0 aromatic heterocycles. The van der Waals surface area contributed by atoms with Crippen molar-refractivity contribution in [3.8, 4) is 5.75 Å². The fraction of sp³-hybridized carbons (Fsp3) is 0.611. The first-order valence-corrected chi connectivity index (χ1v) is 8.53. The zero-order valence-electron chi connectivity index (χ0n) is 13.7. The van der Waals surface area contributed by atoms with E-state index in [4.69, 9.17) is 4.74 Å². The second-order valence-corrected chi connectivity index (χ2v) is 6.65. The molecule has 1 aliphatic carbocycles. The van der Waals surface area contributed by atoms with Crippen molar-refractivity contribution in [3.05, 3.63) is 29.6 Å². The SMILES string of the molecule is COc1cc(C(=O)NC[C@@H]2CCN(C3CCCC3)C2)ccc1F. The summed E-state index contributed by atoms with van der Waals surface area (Å²) in [6.45, 7) is 2.91. The summed E-state index contributed by atoms with van der Waals surface area (Å²) in [5.41, 5.74) is 0.439. The van der Waals surface area contributed by atoms with Crippen molar-refractivity contribution >= 4 is 5.91 Å². The van der Waals surface area contributed by atoms with Crippen LogP contribution in [0.15, 0.2) is 18.2 Å². The predicted molar refractivity (Wildman–Crippen MR) is 87.2 cm³/mol. The average Bonchev–Trinajstić information content (AvgIpc) is 3.24. The fourth-order valence-electron chi connectivity index (χ4n) is 3.77. The number of likely N-dealkylation sites (tertiary alicyclic amines) is 1. The van der Waals surface area contributed by atoms with Gasteiger partial charge in [-0.1, -0.05) is 12.8 Å². The van der Waals surface area contributed by atoms with Gasteiger partial charge in [-0.2, -0.15) is 0 Å². The minimum absolute atomic E-state index is 0.103. The topological polar surface area (TPSA) is 41.6 Å². The highest BCUT2D eigenvalue weighted by molar-refractivity contribution is 5.94. The predicted octanol–water partition coefficient (Wildman–Crippen LogP) is 2.83. The van der Waals surface area contributed by atoms with E-state index in [-0.39, 0.29) is 11.7 Å². The molecule has 0 bridgehead atoms. The lowest BCUT2D eigenvalue weighted by Crippen LogP contribution is -2.34. The third kappa shape index (κ3) is 3.83. The van der Waals surface area contributed by atoms with Crippen LogP contribution in [0, 0.1) is 11.7 Å². The smallest absolute Gasteiger partial charge is 0.251 e. The number of methoxy groups -OCH3 is 1. The maximum atomic E-state index is 13.4. The standard InChI is InChI=1S/C18H25FN2O2/c1-23-17-10-14(6-7-16(17)19)18(22)20-11-13-8-9-21(12-13)15-4-2-3-5-15/h6-7,10,13,15H,2-5,8-9,11-12H2,1H3,(H,20,22)/t13-/m0/s1. The average molecular weight is 320 g/mol. The molecule has 1 aromatic rings. The van der Waals surface area contributed by atoms with E-state index in [0.717, 1.165) is 25.6 Å². The molecular weight excluding hydrogens is 295 g/mol. The molecule has 0 radical (unpaired) electrons. The van der Waals surface area contributed by atoms with Crippen molar-refractivity contribution in [2.45, 2.75) is 38.1 Å². The Kier molecular flexibility index (Phi) is 5.16. The maximum Gasteiger partial charge on any atom is 0.251 e. The van der Waals surface area contributed by atoms with Crippen molar-refractivity contribution in [1.29, 1.82) is 0 Å². The molecule has 126 valence electrons. The van der Waals surface area contributed by atoms with Gasteiger partial charge >= 0.3 is 0 Å². The van der Waals surface area contributed by atoms with E-state index in [1.54, 1.807) is 0 Å². The first-order chi connectivity index (χ1) is 11.2. The lowest BCUT2D eigenvalue weighted by atomic mass is 10.1. The van der Waals surface area contributed by atoms with Gasteiger partial charge < -0.3 is 15.0 Å². The maximum absolute atomic E-state index is 13.4. The summed E-state index contributed by atoms with van der Waals surface area (Å²) < 4.78 is 18.3. The van der Waals surface area contributed by atoms with E-state index in [1.165, 1.54) is 51.0 Å². The minimum Gasteiger partial charge on any atom is -0.494 e. The normalized spacial score (nSPS) is 22.4. The van der Waals surface area contributed by atoms with Gasteiger partial charge in [-0.15, -0.1) is 0 Å². The fourth-order valence-corrected chi connectivity index (χ4v) is 3.77. The van der Waals surface area contributed by atoms with Gasteiger partial charge in [-0.05, 0) is 49.9 Å². The number of carbonyl (C=O) groups excluding carboxylic acids is 1. The number of nitrogens with zero attached hydrogens (tertiary/aromatic N) is 1. The molecule has 1 atom stereocenters. The molecule has 3 rings (SSSR count). The highest BCUT2D eigenvalue weighted by Gasteiger charge is 2.29. The molecule has 1 aromatic carbocycles. The van der Waals surface area contributed by atoms with Gasteiger partial charge in [-0.3, -0.25) is 4.79 Å². The van der Waals surface area contributed by atoms with Crippen LogP contribution in [0.25, 0.3) is 0 Å². The van der Waals surface area contributed by atoms with Crippen molar-refractivity contribution in [3.63, 3.8) is 0 Å². The number of hydrogen-bond donors (Lipinski definition) is 1. The summed E-state index contributed by atoms with van der Waals surface area (Å²) in [5, 5.41) is 2.98. The van der Waals surface area contributed by atoms with Crippen LogP contribution in [0.5, 0.6) is 5.75 Å². The second kappa shape index (κ2) is 7.30. The number of halogens is 1. The molecule has 1 saturated carbocycles. The zero-order valence-corrected chi connectivity index (χ0v) is 13.7. The van der Waals surface area contributed by atoms with Crippen molar-refractivity contribution in [2.75, 3.05) is 26.7 Å². The van der Waals surface area contributed by atoms with Crippen molar-refractivity contribution < 1.29 is 13.9 Å². The van der Waals surface area contributed by atoms with Crippen LogP contribution in [0.3, 0.4) is 0 Å². The molecular formula is C18H25FN2O2. The van der Waals surface area contributed by atoms with E-state index in [2.05, 4.69) is 10.2 Å². The van der Waals surface area contributed by atoms with Gasteiger partial charge in [0.15, 0.2) is 11.6 Å². The third-order valence-electron chi connectivity index (χ3n) is 5.12. The summed E-state index contributed by atoms with van der Waals surface area (Å²) in [6, 6.07) is 4.97. The van der Waals surface area contributed by atoms with Crippen molar-refractivity contribution in [2.24, 2.45) is 5.92 Å². The van der Waals surface area contributed by atoms with Crippen LogP contribution >= 0.6 is 0 Å². The van der Waals surface area contributed by atoms with Gasteiger partial charge in [0.05, 0.1) is 7.11 Å². The second-order valence-electron chi connectivity index (χ2n) is 6.65. The molecule has 23 heavy (non-hydrogen) atoms. The molecule has 2 fully saturated rings. The molecule has 1 aliphatic heterocycles. The molecule has 5 heteroatoms. The Hall–Kier alpha value is -1.62. The highest BCUT2D eigenvalue weighted by Crippen LogP contribution is 2.28. The van der Waals surface area contributed by atoms with Crippen LogP contribution in [0.4, 0.5) is 4.39 Å². The van der Waals surface area contributed by atoms with E-state index >= 15 is 0 Å². The Balaban J connectivity index is 1.49. The summed E-state index contributed by atoms with van der Waals surface area (Å²) in [7, 11) is 1.40. The van der Waals surface area contributed by atoms with E-state index in [0.29, 0.717) is 18.0 Å². The van der Waals surface area contributed by atoms with Crippen LogP contribution in [0.1, 0.15) is 42.5 Å². The van der Waals surface area contributed by atoms with Gasteiger partial charge in [0.25, 0.3) is 5.91 Å². The molecule has 4 nitrogen and oxygen atoms in total. The Morgan fingerprint density at radius 1 is 1.35 bits per heavy atom. The van der Waals surface area contributed by atoms with Gasteiger partial charge in [0.2, 0.25) is 0 Å². The summed E-state index contributed by atoms with van der Waals surface area (Å²) >= 11 is 0. The quantitative estimate of drug-likeness (QED) is 0.907. The molecule has 1 N–H and O–H groups in total. The number of benzene rings is 1. The molecule has 0 unspecified atom stereocenters. The molecule has 1 saturated heterocycles. The van der Waals surface area contributed by atoms with Crippen LogP contribution < -0.4 is 10.1 Å². The molecule has 0 spiro atoms. The van der Waals surface area contributed by atoms with Gasteiger partial charge in [0, 0.05) is 24.7 Å². The van der Waals surface area contributed by atoms with Crippen LogP contribution in [-0.2, 0) is 0 Å². The lowest BCUT2D eigenvalue weighted by Gasteiger charge is -2.23. The van der Waals surface area contributed by atoms with E-state index < -0.39 is 5.82 Å². The Morgan fingerprint density at radius 3 is 2.87 bits per heavy atom. The monoisotopic (exact) mass is 320 g/mol. The number of carbonyl (C=O) groups is 1. The zero-order chi connectivity index (χ0) is 16.2.